The van der Waals surface area contributed by atoms with Gasteiger partial charge in [0, 0.05) is 13.7 Å². The van der Waals surface area contributed by atoms with Crippen LogP contribution < -0.4 is 5.32 Å². The molecule has 72 valence electrons. The Morgan fingerprint density at radius 1 is 1.42 bits per heavy atom. The second-order valence-corrected chi connectivity index (χ2v) is 3.61. The van der Waals surface area contributed by atoms with Gasteiger partial charge in [0.15, 0.2) is 0 Å². The fourth-order valence-electron chi connectivity index (χ4n) is 1.31. The first-order chi connectivity index (χ1) is 5.83. The van der Waals surface area contributed by atoms with Crippen LogP contribution in [0.1, 0.15) is 6.42 Å². The molecule has 12 heavy (non-hydrogen) atoms. The molecule has 3 nitrogen and oxygen atoms in total. The van der Waals surface area contributed by atoms with Crippen LogP contribution in [0.15, 0.2) is 0 Å². The predicted octanol–water partition coefficient (Wildman–Crippen LogP) is 0.174. The van der Waals surface area contributed by atoms with Crippen LogP contribution in [-0.2, 0) is 4.74 Å². The van der Waals surface area contributed by atoms with E-state index in [0.29, 0.717) is 0 Å². The summed E-state index contributed by atoms with van der Waals surface area (Å²) in [4.78, 5) is 2.34. The van der Waals surface area contributed by atoms with Gasteiger partial charge >= 0.3 is 0 Å². The van der Waals surface area contributed by atoms with Crippen LogP contribution in [0.3, 0.4) is 0 Å². The molecule has 0 saturated carbocycles. The maximum absolute atomic E-state index is 5.01. The number of ether oxygens (including phenoxy) is 1. The Morgan fingerprint density at radius 2 is 2.17 bits per heavy atom. The van der Waals surface area contributed by atoms with Crippen LogP contribution in [0.2, 0.25) is 0 Å². The average molecular weight is 172 g/mol. The van der Waals surface area contributed by atoms with Crippen molar-refractivity contribution in [2.45, 2.75) is 6.42 Å². The van der Waals surface area contributed by atoms with E-state index in [1.54, 1.807) is 7.11 Å². The first-order valence-corrected chi connectivity index (χ1v) is 4.71. The maximum Gasteiger partial charge on any atom is 0.0589 e. The van der Waals surface area contributed by atoms with Crippen LogP contribution in [0.5, 0.6) is 0 Å². The lowest BCUT2D eigenvalue weighted by atomic mass is 9.99. The highest BCUT2D eigenvalue weighted by molar-refractivity contribution is 4.75. The number of nitrogens with zero attached hydrogens (tertiary/aromatic N) is 1. The van der Waals surface area contributed by atoms with Gasteiger partial charge in [-0.15, -0.1) is 0 Å². The highest BCUT2D eigenvalue weighted by Gasteiger charge is 2.16. The van der Waals surface area contributed by atoms with E-state index in [0.717, 1.165) is 19.1 Å². The molecule has 0 aromatic rings. The molecule has 0 amide bonds. The molecule has 1 aliphatic rings. The average Bonchev–Trinajstić information content (AvgIpc) is 1.98. The summed E-state index contributed by atoms with van der Waals surface area (Å²) in [5, 5.41) is 3.28. The molecule has 1 heterocycles. The third-order valence-corrected chi connectivity index (χ3v) is 2.46. The molecule has 3 heteroatoms. The van der Waals surface area contributed by atoms with E-state index in [9.17, 15) is 0 Å². The minimum atomic E-state index is 0.847. The first-order valence-electron chi connectivity index (χ1n) is 4.71. The van der Waals surface area contributed by atoms with Crippen molar-refractivity contribution >= 4 is 0 Å². The molecule has 0 radical (unpaired) electrons. The monoisotopic (exact) mass is 172 g/mol. The maximum atomic E-state index is 5.01. The lowest BCUT2D eigenvalue weighted by Crippen LogP contribution is -2.43. The fourth-order valence-corrected chi connectivity index (χ4v) is 1.31. The Kier molecular flexibility index (Phi) is 4.58. The van der Waals surface area contributed by atoms with E-state index < -0.39 is 0 Å². The smallest absolute Gasteiger partial charge is 0.0589 e. The number of hydrogen-bond donors (Lipinski definition) is 1. The molecule has 1 fully saturated rings. The standard InChI is InChI=1S/C9H20N2O/c1-11(5-6-12-2)4-3-9-7-10-8-9/h9-10H,3-8H2,1-2H3. The van der Waals surface area contributed by atoms with Crippen molar-refractivity contribution in [2.24, 2.45) is 5.92 Å². The molecule has 0 aromatic carbocycles. The van der Waals surface area contributed by atoms with Gasteiger partial charge in [-0.3, -0.25) is 0 Å². The van der Waals surface area contributed by atoms with Gasteiger partial charge in [0.05, 0.1) is 6.61 Å². The summed E-state index contributed by atoms with van der Waals surface area (Å²) >= 11 is 0. The van der Waals surface area contributed by atoms with Crippen LogP contribution in [-0.4, -0.2) is 51.8 Å². The highest BCUT2D eigenvalue weighted by Crippen LogP contribution is 2.08. The van der Waals surface area contributed by atoms with E-state index in [4.69, 9.17) is 4.74 Å². The number of methoxy groups -OCH3 is 1. The van der Waals surface area contributed by atoms with Gasteiger partial charge in [-0.2, -0.15) is 0 Å². The van der Waals surface area contributed by atoms with Crippen molar-refractivity contribution in [3.8, 4) is 0 Å². The minimum Gasteiger partial charge on any atom is -0.383 e. The quantitative estimate of drug-likeness (QED) is 0.618. The molecule has 1 N–H and O–H groups in total. The first kappa shape index (κ1) is 9.96. The third-order valence-electron chi connectivity index (χ3n) is 2.46. The minimum absolute atomic E-state index is 0.847. The Balaban J connectivity index is 1.90. The molecule has 0 aromatic heterocycles. The molecule has 0 bridgehead atoms. The van der Waals surface area contributed by atoms with Crippen LogP contribution in [0.4, 0.5) is 0 Å². The van der Waals surface area contributed by atoms with Crippen molar-refractivity contribution in [1.82, 2.24) is 10.2 Å². The number of likely N-dealkylation sites (N-methyl/N-ethyl adjacent to an activating group) is 1. The third kappa shape index (κ3) is 3.52. The summed E-state index contributed by atoms with van der Waals surface area (Å²) in [7, 11) is 3.91. The number of nitrogens with one attached hydrogen (secondary N) is 1. The Labute approximate surface area is 75.1 Å². The number of rotatable bonds is 6. The molecule has 0 aliphatic carbocycles. The lowest BCUT2D eigenvalue weighted by molar-refractivity contribution is 0.154. The van der Waals surface area contributed by atoms with Gasteiger partial charge < -0.3 is 15.0 Å². The summed E-state index contributed by atoms with van der Waals surface area (Å²) in [6, 6.07) is 0. The molecule has 0 unspecified atom stereocenters. The van der Waals surface area contributed by atoms with Crippen molar-refractivity contribution in [1.29, 1.82) is 0 Å². The van der Waals surface area contributed by atoms with Crippen molar-refractivity contribution in [3.63, 3.8) is 0 Å². The molecular formula is C9H20N2O. The molecular weight excluding hydrogens is 152 g/mol. The SMILES string of the molecule is COCCN(C)CCC1CNC1. The van der Waals surface area contributed by atoms with E-state index in [2.05, 4.69) is 17.3 Å². The van der Waals surface area contributed by atoms with E-state index in [-0.39, 0.29) is 0 Å². The van der Waals surface area contributed by atoms with Gasteiger partial charge in [0.2, 0.25) is 0 Å². The van der Waals surface area contributed by atoms with Gasteiger partial charge in [0.1, 0.15) is 0 Å². The molecule has 1 aliphatic heterocycles. The summed E-state index contributed by atoms with van der Waals surface area (Å²) in [5.74, 6) is 0.926. The summed E-state index contributed by atoms with van der Waals surface area (Å²) in [5.41, 5.74) is 0. The van der Waals surface area contributed by atoms with E-state index in [1.165, 1.54) is 26.1 Å². The van der Waals surface area contributed by atoms with Crippen LogP contribution >= 0.6 is 0 Å². The van der Waals surface area contributed by atoms with Crippen molar-refractivity contribution < 1.29 is 4.74 Å². The zero-order valence-corrected chi connectivity index (χ0v) is 8.18. The van der Waals surface area contributed by atoms with Gasteiger partial charge in [-0.1, -0.05) is 0 Å². The van der Waals surface area contributed by atoms with Crippen molar-refractivity contribution in [2.75, 3.05) is 46.9 Å². The summed E-state index contributed by atoms with van der Waals surface area (Å²) in [6.45, 7) is 5.54. The summed E-state index contributed by atoms with van der Waals surface area (Å²) < 4.78 is 5.01. The summed E-state index contributed by atoms with van der Waals surface area (Å²) in [6.07, 6.45) is 1.33. The fraction of sp³-hybridized carbons (Fsp3) is 1.00. The zero-order valence-electron chi connectivity index (χ0n) is 8.18. The topological polar surface area (TPSA) is 24.5 Å². The normalized spacial score (nSPS) is 18.2. The molecule has 1 rings (SSSR count). The van der Waals surface area contributed by atoms with E-state index >= 15 is 0 Å². The van der Waals surface area contributed by atoms with Gasteiger partial charge in [-0.25, -0.2) is 0 Å². The largest absolute Gasteiger partial charge is 0.383 e. The Morgan fingerprint density at radius 3 is 2.67 bits per heavy atom. The second-order valence-electron chi connectivity index (χ2n) is 3.61. The zero-order chi connectivity index (χ0) is 8.81. The van der Waals surface area contributed by atoms with Crippen molar-refractivity contribution in [3.05, 3.63) is 0 Å². The molecule has 0 atom stereocenters. The second kappa shape index (κ2) is 5.51. The van der Waals surface area contributed by atoms with Crippen LogP contribution in [0.25, 0.3) is 0 Å². The van der Waals surface area contributed by atoms with Gasteiger partial charge in [0.25, 0.3) is 0 Å². The molecule has 1 saturated heterocycles. The Bertz CT molecular complexity index is 115. The lowest BCUT2D eigenvalue weighted by Gasteiger charge is -2.28. The predicted molar refractivity (Wildman–Crippen MR) is 50.3 cm³/mol. The van der Waals surface area contributed by atoms with Crippen LogP contribution in [0, 0.1) is 5.92 Å². The van der Waals surface area contributed by atoms with E-state index in [1.807, 2.05) is 0 Å². The molecule has 0 spiro atoms. The Hall–Kier alpha value is -0.120. The number of hydrogen-bond acceptors (Lipinski definition) is 3. The highest BCUT2D eigenvalue weighted by atomic mass is 16.5. The van der Waals surface area contributed by atoms with Gasteiger partial charge in [-0.05, 0) is 39.0 Å².